The van der Waals surface area contributed by atoms with Crippen molar-refractivity contribution in [3.63, 3.8) is 0 Å². The Kier molecular flexibility index (Phi) is 4.59. The number of rotatable bonds is 3. The van der Waals surface area contributed by atoms with Gasteiger partial charge in [0.25, 0.3) is 0 Å². The smallest absolute Gasteiger partial charge is 0.227 e. The highest BCUT2D eigenvalue weighted by Gasteiger charge is 2.24. The lowest BCUT2D eigenvalue weighted by atomic mass is 9.92. The number of piperidine rings is 1. The molecule has 1 aromatic carbocycles. The third-order valence-electron chi connectivity index (χ3n) is 4.95. The van der Waals surface area contributed by atoms with Crippen LogP contribution in [-0.2, 0) is 11.2 Å². The summed E-state index contributed by atoms with van der Waals surface area (Å²) in [5.41, 5.74) is 3.78. The number of nitrogens with zero attached hydrogens (tertiary/aromatic N) is 1. The van der Waals surface area contributed by atoms with Gasteiger partial charge in [0.2, 0.25) is 5.91 Å². The zero-order valence-electron chi connectivity index (χ0n) is 13.0. The maximum atomic E-state index is 12.7. The number of aryl methyl sites for hydroxylation is 2. The van der Waals surface area contributed by atoms with E-state index in [0.29, 0.717) is 12.3 Å². The number of amides is 1. The van der Waals surface area contributed by atoms with Crippen molar-refractivity contribution in [2.24, 2.45) is 5.92 Å². The molecule has 1 saturated heterocycles. The number of para-hydroxylation sites is 1. The van der Waals surface area contributed by atoms with Crippen molar-refractivity contribution in [2.75, 3.05) is 24.5 Å². The average Bonchev–Trinajstić information content (AvgIpc) is 2.53. The van der Waals surface area contributed by atoms with Crippen LogP contribution < -0.4 is 10.2 Å². The van der Waals surface area contributed by atoms with Crippen molar-refractivity contribution in [1.82, 2.24) is 5.32 Å². The first kappa shape index (κ1) is 14.6. The summed E-state index contributed by atoms with van der Waals surface area (Å²) >= 11 is 0. The van der Waals surface area contributed by atoms with E-state index in [4.69, 9.17) is 0 Å². The van der Waals surface area contributed by atoms with Crippen LogP contribution in [0, 0.1) is 12.8 Å². The minimum absolute atomic E-state index is 0.323. The molecule has 0 aromatic heterocycles. The Morgan fingerprint density at radius 1 is 1.33 bits per heavy atom. The van der Waals surface area contributed by atoms with Crippen molar-refractivity contribution >= 4 is 11.6 Å². The summed E-state index contributed by atoms with van der Waals surface area (Å²) in [5.74, 6) is 1.06. The predicted octanol–water partition coefficient (Wildman–Crippen LogP) is 3.05. The van der Waals surface area contributed by atoms with Gasteiger partial charge in [-0.25, -0.2) is 0 Å². The summed E-state index contributed by atoms with van der Waals surface area (Å²) in [7, 11) is 0. The van der Waals surface area contributed by atoms with Crippen LogP contribution in [0.2, 0.25) is 0 Å². The summed E-state index contributed by atoms with van der Waals surface area (Å²) in [5, 5.41) is 3.39. The fourth-order valence-corrected chi connectivity index (χ4v) is 3.73. The Balaban J connectivity index is 1.66. The third-order valence-corrected chi connectivity index (χ3v) is 4.95. The molecule has 0 aliphatic carbocycles. The second-order valence-corrected chi connectivity index (χ2v) is 6.46. The molecule has 1 aromatic rings. The highest BCUT2D eigenvalue weighted by molar-refractivity contribution is 5.95. The van der Waals surface area contributed by atoms with Gasteiger partial charge < -0.3 is 10.2 Å². The molecule has 1 amide bonds. The summed E-state index contributed by atoms with van der Waals surface area (Å²) in [4.78, 5) is 14.7. The molecule has 2 aliphatic rings. The molecule has 21 heavy (non-hydrogen) atoms. The number of nitrogens with one attached hydrogen (secondary N) is 1. The molecule has 1 fully saturated rings. The second-order valence-electron chi connectivity index (χ2n) is 6.46. The van der Waals surface area contributed by atoms with Gasteiger partial charge in [0.05, 0.1) is 0 Å². The van der Waals surface area contributed by atoms with E-state index in [1.807, 2.05) is 0 Å². The van der Waals surface area contributed by atoms with Crippen molar-refractivity contribution in [2.45, 2.75) is 45.4 Å². The molecule has 2 aliphatic heterocycles. The van der Waals surface area contributed by atoms with E-state index in [2.05, 4.69) is 35.3 Å². The summed E-state index contributed by atoms with van der Waals surface area (Å²) in [6, 6.07) is 6.41. The van der Waals surface area contributed by atoms with E-state index in [1.54, 1.807) is 0 Å². The third kappa shape index (κ3) is 3.29. The molecule has 0 bridgehead atoms. The van der Waals surface area contributed by atoms with Crippen molar-refractivity contribution < 1.29 is 4.79 Å². The Morgan fingerprint density at radius 2 is 2.14 bits per heavy atom. The van der Waals surface area contributed by atoms with Crippen molar-refractivity contribution in [1.29, 1.82) is 0 Å². The van der Waals surface area contributed by atoms with E-state index in [0.717, 1.165) is 44.8 Å². The number of hydrogen-bond acceptors (Lipinski definition) is 2. The molecule has 0 unspecified atom stereocenters. The highest BCUT2D eigenvalue weighted by Crippen LogP contribution is 2.31. The molecule has 0 spiro atoms. The minimum Gasteiger partial charge on any atom is -0.317 e. The summed E-state index contributed by atoms with van der Waals surface area (Å²) in [6.07, 6.45) is 6.41. The van der Waals surface area contributed by atoms with Crippen molar-refractivity contribution in [3.05, 3.63) is 29.3 Å². The number of carbonyl (C=O) groups is 1. The van der Waals surface area contributed by atoms with Crippen LogP contribution in [0.1, 0.15) is 43.2 Å². The fourth-order valence-electron chi connectivity index (χ4n) is 3.73. The van der Waals surface area contributed by atoms with Gasteiger partial charge in [-0.3, -0.25) is 4.79 Å². The Hall–Kier alpha value is -1.35. The minimum atomic E-state index is 0.323. The van der Waals surface area contributed by atoms with E-state index in [9.17, 15) is 4.79 Å². The van der Waals surface area contributed by atoms with Gasteiger partial charge in [-0.2, -0.15) is 0 Å². The van der Waals surface area contributed by atoms with Crippen LogP contribution in [0.4, 0.5) is 5.69 Å². The van der Waals surface area contributed by atoms with E-state index < -0.39 is 0 Å². The maximum Gasteiger partial charge on any atom is 0.227 e. The summed E-state index contributed by atoms with van der Waals surface area (Å²) < 4.78 is 0. The lowest BCUT2D eigenvalue weighted by Crippen LogP contribution is -2.36. The number of fused-ring (bicyclic) bond motifs is 1. The van der Waals surface area contributed by atoms with Crippen LogP contribution >= 0.6 is 0 Å². The van der Waals surface area contributed by atoms with Gasteiger partial charge in [-0.1, -0.05) is 18.2 Å². The zero-order valence-corrected chi connectivity index (χ0v) is 13.0. The maximum absolute atomic E-state index is 12.7. The topological polar surface area (TPSA) is 32.3 Å². The predicted molar refractivity (Wildman–Crippen MR) is 86.7 cm³/mol. The molecule has 1 N–H and O–H groups in total. The van der Waals surface area contributed by atoms with Gasteiger partial charge >= 0.3 is 0 Å². The van der Waals surface area contributed by atoms with Gasteiger partial charge in [0, 0.05) is 18.7 Å². The molecule has 3 nitrogen and oxygen atoms in total. The van der Waals surface area contributed by atoms with Crippen LogP contribution in [0.25, 0.3) is 0 Å². The van der Waals surface area contributed by atoms with Gasteiger partial charge in [-0.05, 0) is 69.2 Å². The molecular weight excluding hydrogens is 260 g/mol. The lowest BCUT2D eigenvalue weighted by molar-refractivity contribution is -0.119. The van der Waals surface area contributed by atoms with Crippen LogP contribution in [0.3, 0.4) is 0 Å². The van der Waals surface area contributed by atoms with Crippen LogP contribution in [-0.4, -0.2) is 25.5 Å². The van der Waals surface area contributed by atoms with Crippen molar-refractivity contribution in [3.8, 4) is 0 Å². The number of hydrogen-bond donors (Lipinski definition) is 1. The van der Waals surface area contributed by atoms with Gasteiger partial charge in [0.15, 0.2) is 0 Å². The second kappa shape index (κ2) is 6.61. The Morgan fingerprint density at radius 3 is 2.95 bits per heavy atom. The highest BCUT2D eigenvalue weighted by atomic mass is 16.2. The monoisotopic (exact) mass is 286 g/mol. The Bertz CT molecular complexity index is 506. The molecule has 0 atom stereocenters. The number of benzene rings is 1. The summed E-state index contributed by atoms with van der Waals surface area (Å²) in [6.45, 7) is 5.25. The molecule has 2 heterocycles. The standard InChI is InChI=1S/C18H26N2O/c1-14-4-2-5-16-6-3-13-20(18(14)16)17(21)8-7-15-9-11-19-12-10-15/h2,4-5,15,19H,3,6-13H2,1H3. The first-order chi connectivity index (χ1) is 10.3. The normalized spacial score (nSPS) is 19.4. The van der Waals surface area contributed by atoms with E-state index in [1.165, 1.54) is 29.7 Å². The zero-order chi connectivity index (χ0) is 14.7. The van der Waals surface area contributed by atoms with Crippen LogP contribution in [0.5, 0.6) is 0 Å². The molecule has 3 rings (SSSR count). The van der Waals surface area contributed by atoms with Crippen LogP contribution in [0.15, 0.2) is 18.2 Å². The largest absolute Gasteiger partial charge is 0.317 e. The first-order valence-corrected chi connectivity index (χ1v) is 8.35. The first-order valence-electron chi connectivity index (χ1n) is 8.35. The molecule has 0 radical (unpaired) electrons. The molecular formula is C18H26N2O. The van der Waals surface area contributed by atoms with Gasteiger partial charge in [0.1, 0.15) is 0 Å². The number of carbonyl (C=O) groups excluding carboxylic acids is 1. The van der Waals surface area contributed by atoms with Gasteiger partial charge in [-0.15, -0.1) is 0 Å². The molecule has 0 saturated carbocycles. The molecule has 3 heteroatoms. The quantitative estimate of drug-likeness (QED) is 0.926. The SMILES string of the molecule is Cc1cccc2c1N(C(=O)CCC1CCNCC1)CCC2. The Labute approximate surface area is 127 Å². The van der Waals surface area contributed by atoms with E-state index >= 15 is 0 Å². The lowest BCUT2D eigenvalue weighted by Gasteiger charge is -2.32. The van der Waals surface area contributed by atoms with E-state index in [-0.39, 0.29) is 0 Å². The average molecular weight is 286 g/mol. The fraction of sp³-hybridized carbons (Fsp3) is 0.611. The molecule has 114 valence electrons. The number of anilines is 1.